The van der Waals surface area contributed by atoms with Gasteiger partial charge in [0.1, 0.15) is 12.1 Å². The van der Waals surface area contributed by atoms with Gasteiger partial charge in [0.2, 0.25) is 5.91 Å². The van der Waals surface area contributed by atoms with Crippen molar-refractivity contribution in [1.29, 1.82) is 0 Å². The van der Waals surface area contributed by atoms with E-state index in [2.05, 4.69) is 17.9 Å². The minimum Gasteiger partial charge on any atom is -0.461 e. The van der Waals surface area contributed by atoms with E-state index in [1.807, 2.05) is 0 Å². The maximum absolute atomic E-state index is 11.7. The molecule has 0 bridgehead atoms. The molecule has 1 aliphatic rings. The Labute approximate surface area is 100 Å². The van der Waals surface area contributed by atoms with Crippen LogP contribution in [0.3, 0.4) is 0 Å². The van der Waals surface area contributed by atoms with Crippen LogP contribution < -0.4 is 5.32 Å². The van der Waals surface area contributed by atoms with E-state index in [0.717, 1.165) is 0 Å². The molecular formula is C10H17NO4S. The van der Waals surface area contributed by atoms with Gasteiger partial charge in [-0.15, -0.1) is 0 Å². The van der Waals surface area contributed by atoms with E-state index in [0.29, 0.717) is 26.1 Å². The lowest BCUT2D eigenvalue weighted by molar-refractivity contribution is -0.156. The topological polar surface area (TPSA) is 64.6 Å². The van der Waals surface area contributed by atoms with Crippen LogP contribution in [0.25, 0.3) is 0 Å². The Bertz CT molecular complexity index is 253. The highest BCUT2D eigenvalue weighted by Crippen LogP contribution is 2.11. The van der Waals surface area contributed by atoms with Crippen molar-refractivity contribution in [1.82, 2.24) is 5.32 Å². The third kappa shape index (κ3) is 4.40. The van der Waals surface area contributed by atoms with Crippen molar-refractivity contribution in [3.8, 4) is 0 Å². The molecule has 0 aromatic heterocycles. The number of ether oxygens (including phenoxy) is 2. The van der Waals surface area contributed by atoms with Crippen LogP contribution >= 0.6 is 12.6 Å². The fourth-order valence-corrected chi connectivity index (χ4v) is 1.71. The Morgan fingerprint density at radius 1 is 1.50 bits per heavy atom. The maximum atomic E-state index is 11.7. The first kappa shape index (κ1) is 13.3. The molecule has 0 radical (unpaired) electrons. The second-order valence-electron chi connectivity index (χ2n) is 3.68. The Kier molecular flexibility index (Phi) is 5.62. The molecule has 0 spiro atoms. The van der Waals surface area contributed by atoms with Crippen LogP contribution in [-0.2, 0) is 19.1 Å². The van der Waals surface area contributed by atoms with Gasteiger partial charge in [-0.2, -0.15) is 12.6 Å². The molecule has 1 atom stereocenters. The van der Waals surface area contributed by atoms with Crippen molar-refractivity contribution in [3.63, 3.8) is 0 Å². The summed E-state index contributed by atoms with van der Waals surface area (Å²) in [5.41, 5.74) is 0. The molecule has 0 saturated carbocycles. The zero-order valence-electron chi connectivity index (χ0n) is 9.27. The molecule has 1 heterocycles. The summed E-state index contributed by atoms with van der Waals surface area (Å²) in [4.78, 5) is 22.5. The number of carbonyl (C=O) groups excluding carboxylic acids is 2. The molecule has 1 fully saturated rings. The van der Waals surface area contributed by atoms with Crippen LogP contribution in [0, 0.1) is 0 Å². The second kappa shape index (κ2) is 6.75. The summed E-state index contributed by atoms with van der Waals surface area (Å²) < 4.78 is 10.4. The Morgan fingerprint density at radius 3 is 2.62 bits per heavy atom. The Balaban J connectivity index is 2.38. The molecule has 0 aromatic rings. The minimum atomic E-state index is -0.663. The van der Waals surface area contributed by atoms with Gasteiger partial charge in [0, 0.05) is 25.5 Å². The van der Waals surface area contributed by atoms with Crippen LogP contribution in [0.5, 0.6) is 0 Å². The minimum absolute atomic E-state index is 0.0996. The zero-order valence-corrected chi connectivity index (χ0v) is 10.2. The largest absolute Gasteiger partial charge is 0.461 e. The van der Waals surface area contributed by atoms with Crippen molar-refractivity contribution in [2.24, 2.45) is 0 Å². The number of thiol groups is 1. The van der Waals surface area contributed by atoms with Gasteiger partial charge in [-0.3, -0.25) is 4.79 Å². The van der Waals surface area contributed by atoms with Crippen molar-refractivity contribution < 1.29 is 19.1 Å². The number of hydrogen-bond acceptors (Lipinski definition) is 5. The van der Waals surface area contributed by atoms with Crippen molar-refractivity contribution in [2.45, 2.75) is 31.9 Å². The molecule has 16 heavy (non-hydrogen) atoms. The quantitative estimate of drug-likeness (QED) is 0.548. The fourth-order valence-electron chi connectivity index (χ4n) is 1.46. The van der Waals surface area contributed by atoms with Crippen LogP contribution in [0.1, 0.15) is 19.8 Å². The molecule has 1 saturated heterocycles. The number of rotatable bonds is 4. The highest BCUT2D eigenvalue weighted by Gasteiger charge is 2.24. The van der Waals surface area contributed by atoms with Crippen molar-refractivity contribution >= 4 is 24.5 Å². The van der Waals surface area contributed by atoms with Crippen molar-refractivity contribution in [3.05, 3.63) is 0 Å². The fraction of sp³-hybridized carbons (Fsp3) is 0.800. The Morgan fingerprint density at radius 2 is 2.12 bits per heavy atom. The number of nitrogens with one attached hydrogen (secondary N) is 1. The average Bonchev–Trinajstić information content (AvgIpc) is 2.26. The predicted molar refractivity (Wildman–Crippen MR) is 61.4 cm³/mol. The van der Waals surface area contributed by atoms with E-state index in [4.69, 9.17) is 9.47 Å². The van der Waals surface area contributed by atoms with E-state index in [1.54, 1.807) is 0 Å². The van der Waals surface area contributed by atoms with Gasteiger partial charge in [-0.25, -0.2) is 4.79 Å². The van der Waals surface area contributed by atoms with Gasteiger partial charge in [0.05, 0.1) is 13.2 Å². The number of hydrogen-bond donors (Lipinski definition) is 2. The highest BCUT2D eigenvalue weighted by atomic mass is 32.1. The molecule has 1 aliphatic heterocycles. The van der Waals surface area contributed by atoms with Gasteiger partial charge < -0.3 is 14.8 Å². The summed E-state index contributed by atoms with van der Waals surface area (Å²) in [6, 6.07) is -0.663. The SMILES string of the molecule is CC(=O)NC(CS)C(=O)OC1CCOCC1. The van der Waals surface area contributed by atoms with E-state index in [9.17, 15) is 9.59 Å². The van der Waals surface area contributed by atoms with E-state index >= 15 is 0 Å². The van der Waals surface area contributed by atoms with Crippen LogP contribution in [0.15, 0.2) is 0 Å². The highest BCUT2D eigenvalue weighted by molar-refractivity contribution is 7.80. The Hall–Kier alpha value is -0.750. The lowest BCUT2D eigenvalue weighted by atomic mass is 10.1. The number of carbonyl (C=O) groups is 2. The van der Waals surface area contributed by atoms with Crippen LogP contribution in [0.4, 0.5) is 0 Å². The first-order valence-corrected chi connectivity index (χ1v) is 5.93. The van der Waals surface area contributed by atoms with Crippen molar-refractivity contribution in [2.75, 3.05) is 19.0 Å². The van der Waals surface area contributed by atoms with Gasteiger partial charge in [-0.1, -0.05) is 0 Å². The van der Waals surface area contributed by atoms with Gasteiger partial charge >= 0.3 is 5.97 Å². The first-order valence-electron chi connectivity index (χ1n) is 5.29. The third-order valence-electron chi connectivity index (χ3n) is 2.30. The normalized spacial score (nSPS) is 18.9. The standard InChI is InChI=1S/C10H17NO4S/c1-7(12)11-9(6-16)10(13)15-8-2-4-14-5-3-8/h8-9,16H,2-6H2,1H3,(H,11,12). The third-order valence-corrected chi connectivity index (χ3v) is 2.66. The van der Waals surface area contributed by atoms with Gasteiger partial charge in [0.15, 0.2) is 0 Å². The lowest BCUT2D eigenvalue weighted by Gasteiger charge is -2.24. The summed E-state index contributed by atoms with van der Waals surface area (Å²) >= 11 is 4.01. The molecule has 0 aromatic carbocycles. The zero-order chi connectivity index (χ0) is 12.0. The van der Waals surface area contributed by atoms with E-state index < -0.39 is 12.0 Å². The smallest absolute Gasteiger partial charge is 0.329 e. The molecule has 92 valence electrons. The monoisotopic (exact) mass is 247 g/mol. The molecule has 1 N–H and O–H groups in total. The summed E-state index contributed by atoms with van der Waals surface area (Å²) in [5.74, 6) is -0.443. The summed E-state index contributed by atoms with van der Waals surface area (Å²) in [7, 11) is 0. The molecule has 0 aliphatic carbocycles. The maximum Gasteiger partial charge on any atom is 0.329 e. The van der Waals surface area contributed by atoms with E-state index in [-0.39, 0.29) is 17.8 Å². The van der Waals surface area contributed by atoms with Gasteiger partial charge in [-0.05, 0) is 0 Å². The van der Waals surface area contributed by atoms with Gasteiger partial charge in [0.25, 0.3) is 0 Å². The first-order chi connectivity index (χ1) is 7.63. The molecule has 5 nitrogen and oxygen atoms in total. The summed E-state index contributed by atoms with van der Waals surface area (Å²) in [6.45, 7) is 2.59. The van der Waals surface area contributed by atoms with Crippen LogP contribution in [0.2, 0.25) is 0 Å². The lowest BCUT2D eigenvalue weighted by Crippen LogP contribution is -2.44. The number of amides is 1. The molecule has 1 amide bonds. The number of esters is 1. The average molecular weight is 247 g/mol. The summed E-state index contributed by atoms with van der Waals surface area (Å²) in [6.07, 6.45) is 1.33. The van der Waals surface area contributed by atoms with E-state index in [1.165, 1.54) is 6.92 Å². The molecular weight excluding hydrogens is 230 g/mol. The summed E-state index contributed by atoms with van der Waals surface area (Å²) in [5, 5.41) is 2.50. The molecule has 1 unspecified atom stereocenters. The molecule has 1 rings (SSSR count). The predicted octanol–water partition coefficient (Wildman–Crippen LogP) is 0.143. The second-order valence-corrected chi connectivity index (χ2v) is 4.05. The van der Waals surface area contributed by atoms with Crippen LogP contribution in [-0.4, -0.2) is 43.0 Å². The molecule has 6 heteroatoms.